The minimum atomic E-state index is 0.162. The summed E-state index contributed by atoms with van der Waals surface area (Å²) in [7, 11) is 6.04. The highest BCUT2D eigenvalue weighted by molar-refractivity contribution is 5.22. The van der Waals surface area contributed by atoms with Gasteiger partial charge in [-0.1, -0.05) is 6.92 Å². The number of hydrogen-bond donors (Lipinski definition) is 1. The molecule has 0 aliphatic rings. The first-order valence-electron chi connectivity index (χ1n) is 6.95. The van der Waals surface area contributed by atoms with Crippen LogP contribution in [-0.2, 0) is 27.1 Å². The van der Waals surface area contributed by atoms with Gasteiger partial charge in [-0.2, -0.15) is 5.10 Å². The summed E-state index contributed by atoms with van der Waals surface area (Å²) in [5, 5.41) is 4.51. The Morgan fingerprint density at radius 1 is 1.40 bits per heavy atom. The third kappa shape index (κ3) is 2.91. The van der Waals surface area contributed by atoms with Gasteiger partial charge in [0, 0.05) is 44.8 Å². The van der Waals surface area contributed by atoms with E-state index < -0.39 is 0 Å². The quantitative estimate of drug-likeness (QED) is 0.849. The van der Waals surface area contributed by atoms with E-state index in [1.54, 1.807) is 0 Å². The van der Waals surface area contributed by atoms with E-state index >= 15 is 0 Å². The van der Waals surface area contributed by atoms with Crippen molar-refractivity contribution in [3.8, 4) is 0 Å². The van der Waals surface area contributed by atoms with Gasteiger partial charge in [0.05, 0.1) is 18.3 Å². The summed E-state index contributed by atoms with van der Waals surface area (Å²) < 4.78 is 3.90. The zero-order chi connectivity index (χ0) is 14.7. The molecule has 2 rings (SSSR count). The van der Waals surface area contributed by atoms with E-state index in [4.69, 9.17) is 5.73 Å². The van der Waals surface area contributed by atoms with Crippen LogP contribution in [0, 0.1) is 0 Å². The number of rotatable bonds is 6. The number of nitrogens with zero attached hydrogens (tertiary/aromatic N) is 5. The number of aryl methyl sites for hydroxylation is 3. The molecule has 0 saturated carbocycles. The molecule has 0 saturated heterocycles. The molecule has 0 fully saturated rings. The molecule has 0 aliphatic carbocycles. The molecule has 1 unspecified atom stereocenters. The van der Waals surface area contributed by atoms with Crippen molar-refractivity contribution in [2.24, 2.45) is 19.8 Å². The molecule has 2 aromatic rings. The molecule has 1 atom stereocenters. The molecular formula is C14H24N6. The molecular weight excluding hydrogens is 252 g/mol. The highest BCUT2D eigenvalue weighted by Gasteiger charge is 2.21. The van der Waals surface area contributed by atoms with Gasteiger partial charge in [-0.05, 0) is 13.5 Å². The van der Waals surface area contributed by atoms with Crippen LogP contribution in [0.15, 0.2) is 18.6 Å². The number of imidazole rings is 1. The summed E-state index contributed by atoms with van der Waals surface area (Å²) in [6, 6.07) is 0.162. The zero-order valence-corrected chi connectivity index (χ0v) is 12.7. The molecule has 0 radical (unpaired) electrons. The number of nitrogens with two attached hydrogens (primary N) is 1. The van der Waals surface area contributed by atoms with Crippen LogP contribution >= 0.6 is 0 Å². The maximum absolute atomic E-state index is 6.00. The van der Waals surface area contributed by atoms with E-state index in [1.807, 2.05) is 35.7 Å². The third-order valence-electron chi connectivity index (χ3n) is 3.70. The molecule has 20 heavy (non-hydrogen) atoms. The Kier molecular flexibility index (Phi) is 4.57. The first-order chi connectivity index (χ1) is 9.56. The van der Waals surface area contributed by atoms with Crippen molar-refractivity contribution < 1.29 is 0 Å². The Balaban J connectivity index is 2.20. The predicted octanol–water partition coefficient (Wildman–Crippen LogP) is 0.848. The molecule has 6 heteroatoms. The molecule has 6 nitrogen and oxygen atoms in total. The van der Waals surface area contributed by atoms with Crippen LogP contribution in [0.2, 0.25) is 0 Å². The van der Waals surface area contributed by atoms with E-state index in [9.17, 15) is 0 Å². The van der Waals surface area contributed by atoms with E-state index in [0.717, 1.165) is 24.5 Å². The van der Waals surface area contributed by atoms with Gasteiger partial charge in [-0.15, -0.1) is 0 Å². The largest absolute Gasteiger partial charge is 0.337 e. The molecule has 0 aromatic carbocycles. The highest BCUT2D eigenvalue weighted by atomic mass is 15.3. The summed E-state index contributed by atoms with van der Waals surface area (Å²) >= 11 is 0. The highest BCUT2D eigenvalue weighted by Crippen LogP contribution is 2.23. The van der Waals surface area contributed by atoms with E-state index in [2.05, 4.69) is 35.2 Å². The van der Waals surface area contributed by atoms with E-state index in [0.29, 0.717) is 6.54 Å². The van der Waals surface area contributed by atoms with Gasteiger partial charge in [-0.3, -0.25) is 9.58 Å². The molecule has 110 valence electrons. The fourth-order valence-corrected chi connectivity index (χ4v) is 2.53. The van der Waals surface area contributed by atoms with Crippen LogP contribution in [0.1, 0.15) is 30.0 Å². The monoisotopic (exact) mass is 276 g/mol. The third-order valence-corrected chi connectivity index (χ3v) is 3.70. The standard InChI is InChI=1S/C14H24N6/c1-5-12-11(9-20(4)17-12)13(8-15)19(3)10-14-16-6-7-18(14)2/h6-7,9,13H,5,8,10,15H2,1-4H3. The second-order valence-electron chi connectivity index (χ2n) is 5.18. The maximum Gasteiger partial charge on any atom is 0.122 e. The fourth-order valence-electron chi connectivity index (χ4n) is 2.53. The van der Waals surface area contributed by atoms with Crippen LogP contribution in [0.5, 0.6) is 0 Å². The average Bonchev–Trinajstić information content (AvgIpc) is 2.97. The second kappa shape index (κ2) is 6.19. The Bertz CT molecular complexity index is 556. The second-order valence-corrected chi connectivity index (χ2v) is 5.18. The molecule has 0 spiro atoms. The van der Waals surface area contributed by atoms with Crippen molar-refractivity contribution in [1.29, 1.82) is 0 Å². The lowest BCUT2D eigenvalue weighted by atomic mass is 10.1. The van der Waals surface area contributed by atoms with Crippen molar-refractivity contribution >= 4 is 0 Å². The minimum absolute atomic E-state index is 0.162. The van der Waals surface area contributed by atoms with Crippen molar-refractivity contribution in [2.75, 3.05) is 13.6 Å². The summed E-state index contributed by atoms with van der Waals surface area (Å²) in [5.41, 5.74) is 8.34. The van der Waals surface area contributed by atoms with Crippen molar-refractivity contribution in [2.45, 2.75) is 25.9 Å². The molecule has 0 aliphatic heterocycles. The van der Waals surface area contributed by atoms with Gasteiger partial charge >= 0.3 is 0 Å². The lowest BCUT2D eigenvalue weighted by Gasteiger charge is -2.26. The van der Waals surface area contributed by atoms with Crippen LogP contribution < -0.4 is 5.73 Å². The Hall–Kier alpha value is -1.66. The summed E-state index contributed by atoms with van der Waals surface area (Å²) in [4.78, 5) is 6.61. The van der Waals surface area contributed by atoms with E-state index in [-0.39, 0.29) is 6.04 Å². The van der Waals surface area contributed by atoms with Crippen LogP contribution in [-0.4, -0.2) is 37.8 Å². The predicted molar refractivity (Wildman–Crippen MR) is 79.1 cm³/mol. The Labute approximate surface area is 120 Å². The van der Waals surface area contributed by atoms with Gasteiger partial charge in [-0.25, -0.2) is 4.98 Å². The average molecular weight is 276 g/mol. The number of likely N-dealkylation sites (N-methyl/N-ethyl adjacent to an activating group) is 1. The van der Waals surface area contributed by atoms with Gasteiger partial charge in [0.25, 0.3) is 0 Å². The maximum atomic E-state index is 6.00. The normalized spacial score (nSPS) is 13.1. The topological polar surface area (TPSA) is 64.9 Å². The fraction of sp³-hybridized carbons (Fsp3) is 0.571. The van der Waals surface area contributed by atoms with E-state index in [1.165, 1.54) is 5.56 Å². The Morgan fingerprint density at radius 3 is 2.70 bits per heavy atom. The molecule has 0 bridgehead atoms. The molecule has 2 heterocycles. The summed E-state index contributed by atoms with van der Waals surface area (Å²) in [6.07, 6.45) is 6.78. The van der Waals surface area contributed by atoms with Gasteiger partial charge in [0.1, 0.15) is 5.82 Å². The van der Waals surface area contributed by atoms with Crippen molar-refractivity contribution in [1.82, 2.24) is 24.2 Å². The first-order valence-corrected chi connectivity index (χ1v) is 6.95. The lowest BCUT2D eigenvalue weighted by molar-refractivity contribution is 0.233. The van der Waals surface area contributed by atoms with Crippen LogP contribution in [0.25, 0.3) is 0 Å². The van der Waals surface area contributed by atoms with Gasteiger partial charge in [0.2, 0.25) is 0 Å². The minimum Gasteiger partial charge on any atom is -0.337 e. The smallest absolute Gasteiger partial charge is 0.122 e. The zero-order valence-electron chi connectivity index (χ0n) is 12.7. The first kappa shape index (κ1) is 14.7. The van der Waals surface area contributed by atoms with Crippen molar-refractivity contribution in [3.05, 3.63) is 35.7 Å². The lowest BCUT2D eigenvalue weighted by Crippen LogP contribution is -2.31. The SMILES string of the molecule is CCc1nn(C)cc1C(CN)N(C)Cc1nccn1C. The number of aromatic nitrogens is 4. The molecule has 2 aromatic heterocycles. The van der Waals surface area contributed by atoms with Crippen LogP contribution in [0.3, 0.4) is 0 Å². The summed E-state index contributed by atoms with van der Waals surface area (Å²) in [5.74, 6) is 1.04. The Morgan fingerprint density at radius 2 is 2.15 bits per heavy atom. The molecule has 0 amide bonds. The molecule has 2 N–H and O–H groups in total. The van der Waals surface area contributed by atoms with Gasteiger partial charge < -0.3 is 10.3 Å². The van der Waals surface area contributed by atoms with Gasteiger partial charge in [0.15, 0.2) is 0 Å². The summed E-state index contributed by atoms with van der Waals surface area (Å²) in [6.45, 7) is 3.46. The van der Waals surface area contributed by atoms with Crippen molar-refractivity contribution in [3.63, 3.8) is 0 Å². The van der Waals surface area contributed by atoms with Crippen LogP contribution in [0.4, 0.5) is 0 Å². The number of hydrogen-bond acceptors (Lipinski definition) is 4.